The lowest BCUT2D eigenvalue weighted by atomic mass is 10.2. The molecule has 0 radical (unpaired) electrons. The number of thiocarbonyl (C=S) groups is 1. The molecule has 0 amide bonds. The summed E-state index contributed by atoms with van der Waals surface area (Å²) in [6.07, 6.45) is 0. The summed E-state index contributed by atoms with van der Waals surface area (Å²) in [7, 11) is 0. The van der Waals surface area contributed by atoms with Crippen LogP contribution in [0, 0.1) is 6.92 Å². The van der Waals surface area contributed by atoms with E-state index in [2.05, 4.69) is 54.6 Å². The summed E-state index contributed by atoms with van der Waals surface area (Å²) in [5.41, 5.74) is 3.32. The molecule has 0 atom stereocenters. The molecule has 0 spiro atoms. The number of benzene rings is 2. The summed E-state index contributed by atoms with van der Waals surface area (Å²) in [5, 5.41) is 7.00. The van der Waals surface area contributed by atoms with Gasteiger partial charge in [0.05, 0.1) is 0 Å². The van der Waals surface area contributed by atoms with Crippen molar-refractivity contribution in [1.29, 1.82) is 0 Å². The van der Waals surface area contributed by atoms with Gasteiger partial charge in [-0.1, -0.05) is 50.1 Å². The maximum absolute atomic E-state index is 5.31. The normalized spacial score (nSPS) is 10.2. The summed E-state index contributed by atoms with van der Waals surface area (Å²) < 4.78 is 2.17. The summed E-state index contributed by atoms with van der Waals surface area (Å²) in [4.78, 5) is 0. The number of nitrogens with one attached hydrogen (secondary N) is 2. The van der Waals surface area contributed by atoms with Gasteiger partial charge in [-0.05, 0) is 54.5 Å². The molecular weight excluding hydrogens is 400 g/mol. The standard InChI is InChI=1S/C15H14Br2N2S/c1-10-8-12(6-7-13(10)16)19-15(20)18-9-11-4-2-3-5-14(11)17/h2-8H,9H2,1H3,(H2,18,19,20). The molecule has 0 saturated heterocycles. The minimum absolute atomic E-state index is 0.613. The van der Waals surface area contributed by atoms with Gasteiger partial charge in [0.1, 0.15) is 0 Å². The van der Waals surface area contributed by atoms with Gasteiger partial charge >= 0.3 is 0 Å². The van der Waals surface area contributed by atoms with Gasteiger partial charge in [-0.25, -0.2) is 0 Å². The van der Waals surface area contributed by atoms with Gasteiger partial charge in [0.2, 0.25) is 0 Å². The molecule has 0 aromatic heterocycles. The predicted octanol–water partition coefficient (Wildman–Crippen LogP) is 5.01. The van der Waals surface area contributed by atoms with E-state index in [0.29, 0.717) is 11.7 Å². The molecule has 104 valence electrons. The zero-order chi connectivity index (χ0) is 14.5. The summed E-state index contributed by atoms with van der Waals surface area (Å²) in [6, 6.07) is 14.1. The predicted molar refractivity (Wildman–Crippen MR) is 96.1 cm³/mol. The fraction of sp³-hybridized carbons (Fsp3) is 0.133. The number of rotatable bonds is 3. The molecule has 2 aromatic rings. The van der Waals surface area contributed by atoms with Crippen LogP contribution < -0.4 is 10.6 Å². The summed E-state index contributed by atoms with van der Waals surface area (Å²) in [6.45, 7) is 2.73. The Morgan fingerprint density at radius 1 is 1.10 bits per heavy atom. The third-order valence-electron chi connectivity index (χ3n) is 2.81. The van der Waals surface area contributed by atoms with Crippen LogP contribution in [0.4, 0.5) is 5.69 Å². The van der Waals surface area contributed by atoms with Crippen LogP contribution in [0.3, 0.4) is 0 Å². The van der Waals surface area contributed by atoms with E-state index < -0.39 is 0 Å². The third-order valence-corrected chi connectivity index (χ3v) is 4.72. The lowest BCUT2D eigenvalue weighted by molar-refractivity contribution is 0.920. The van der Waals surface area contributed by atoms with Crippen LogP contribution in [-0.2, 0) is 6.54 Å². The highest BCUT2D eigenvalue weighted by molar-refractivity contribution is 9.10. The molecule has 0 aliphatic rings. The van der Waals surface area contributed by atoms with E-state index in [-0.39, 0.29) is 0 Å². The van der Waals surface area contributed by atoms with Crippen molar-refractivity contribution >= 4 is 54.9 Å². The number of hydrogen-bond acceptors (Lipinski definition) is 1. The van der Waals surface area contributed by atoms with Crippen LogP contribution >= 0.6 is 44.1 Å². The Kier molecular flexibility index (Phi) is 5.57. The van der Waals surface area contributed by atoms with Crippen LogP contribution in [0.25, 0.3) is 0 Å². The summed E-state index contributed by atoms with van der Waals surface area (Å²) in [5.74, 6) is 0. The van der Waals surface area contributed by atoms with Gasteiger partial charge in [0, 0.05) is 21.2 Å². The maximum Gasteiger partial charge on any atom is 0.171 e. The van der Waals surface area contributed by atoms with Crippen molar-refractivity contribution < 1.29 is 0 Å². The average Bonchev–Trinajstić information content (AvgIpc) is 2.42. The molecule has 0 aliphatic heterocycles. The highest BCUT2D eigenvalue weighted by atomic mass is 79.9. The topological polar surface area (TPSA) is 24.1 Å². The van der Waals surface area contributed by atoms with Crippen LogP contribution in [0.15, 0.2) is 51.4 Å². The van der Waals surface area contributed by atoms with Crippen molar-refractivity contribution in [2.24, 2.45) is 0 Å². The molecule has 0 heterocycles. The van der Waals surface area contributed by atoms with Crippen molar-refractivity contribution in [3.63, 3.8) is 0 Å². The molecule has 2 aromatic carbocycles. The first-order valence-electron chi connectivity index (χ1n) is 6.10. The molecular formula is C15H14Br2N2S. The maximum atomic E-state index is 5.31. The Labute approximate surface area is 141 Å². The number of hydrogen-bond donors (Lipinski definition) is 2. The van der Waals surface area contributed by atoms with E-state index >= 15 is 0 Å². The van der Waals surface area contributed by atoms with E-state index in [0.717, 1.165) is 14.6 Å². The van der Waals surface area contributed by atoms with Crippen LogP contribution in [0.5, 0.6) is 0 Å². The number of aryl methyl sites for hydroxylation is 1. The van der Waals surface area contributed by atoms with E-state index in [1.165, 1.54) is 11.1 Å². The Balaban J connectivity index is 1.93. The lowest BCUT2D eigenvalue weighted by Crippen LogP contribution is -2.28. The second-order valence-corrected chi connectivity index (χ2v) is 6.48. The second kappa shape index (κ2) is 7.20. The first kappa shape index (κ1) is 15.5. The SMILES string of the molecule is Cc1cc(NC(=S)NCc2ccccc2Br)ccc1Br. The highest BCUT2D eigenvalue weighted by Gasteiger charge is 2.02. The molecule has 2 nitrogen and oxygen atoms in total. The largest absolute Gasteiger partial charge is 0.358 e. The van der Waals surface area contributed by atoms with Crippen LogP contribution in [-0.4, -0.2) is 5.11 Å². The second-order valence-electron chi connectivity index (χ2n) is 4.36. The van der Waals surface area contributed by atoms with Gasteiger partial charge in [-0.15, -0.1) is 0 Å². The molecule has 20 heavy (non-hydrogen) atoms. The Hall–Kier alpha value is -0.910. The van der Waals surface area contributed by atoms with Gasteiger partial charge in [-0.3, -0.25) is 0 Å². The molecule has 2 rings (SSSR count). The average molecular weight is 414 g/mol. The van der Waals surface area contributed by atoms with Gasteiger partial charge < -0.3 is 10.6 Å². The molecule has 5 heteroatoms. The smallest absolute Gasteiger partial charge is 0.171 e. The van der Waals surface area contributed by atoms with E-state index in [9.17, 15) is 0 Å². The molecule has 0 saturated carbocycles. The van der Waals surface area contributed by atoms with Crippen molar-refractivity contribution in [3.8, 4) is 0 Å². The van der Waals surface area contributed by atoms with Crippen molar-refractivity contribution in [1.82, 2.24) is 5.32 Å². The molecule has 0 aliphatic carbocycles. The molecule has 0 bridgehead atoms. The zero-order valence-electron chi connectivity index (χ0n) is 10.9. The Morgan fingerprint density at radius 3 is 2.55 bits per heavy atom. The fourth-order valence-electron chi connectivity index (χ4n) is 1.72. The lowest BCUT2D eigenvalue weighted by Gasteiger charge is -2.12. The van der Waals surface area contributed by atoms with Gasteiger partial charge in [0.15, 0.2) is 5.11 Å². The quantitative estimate of drug-likeness (QED) is 0.691. The van der Waals surface area contributed by atoms with Crippen LogP contribution in [0.1, 0.15) is 11.1 Å². The first-order chi connectivity index (χ1) is 9.56. The minimum atomic E-state index is 0.613. The van der Waals surface area contributed by atoms with Gasteiger partial charge in [-0.2, -0.15) is 0 Å². The highest BCUT2D eigenvalue weighted by Crippen LogP contribution is 2.20. The Morgan fingerprint density at radius 2 is 1.85 bits per heavy atom. The molecule has 0 fully saturated rings. The minimum Gasteiger partial charge on any atom is -0.358 e. The first-order valence-corrected chi connectivity index (χ1v) is 8.10. The van der Waals surface area contributed by atoms with Gasteiger partial charge in [0.25, 0.3) is 0 Å². The Bertz CT molecular complexity index is 629. The summed E-state index contributed by atoms with van der Waals surface area (Å²) >= 11 is 12.3. The zero-order valence-corrected chi connectivity index (χ0v) is 14.9. The van der Waals surface area contributed by atoms with Crippen molar-refractivity contribution in [3.05, 3.63) is 62.5 Å². The fourth-order valence-corrected chi connectivity index (χ4v) is 2.58. The third kappa shape index (κ3) is 4.30. The monoisotopic (exact) mass is 412 g/mol. The number of anilines is 1. The molecule has 0 unspecified atom stereocenters. The van der Waals surface area contributed by atoms with Crippen molar-refractivity contribution in [2.45, 2.75) is 13.5 Å². The number of halogens is 2. The van der Waals surface area contributed by atoms with E-state index in [1.807, 2.05) is 37.3 Å². The van der Waals surface area contributed by atoms with Crippen LogP contribution in [0.2, 0.25) is 0 Å². The van der Waals surface area contributed by atoms with E-state index in [4.69, 9.17) is 12.2 Å². The molecule has 2 N–H and O–H groups in total. The van der Waals surface area contributed by atoms with E-state index in [1.54, 1.807) is 0 Å². The van der Waals surface area contributed by atoms with Crippen molar-refractivity contribution in [2.75, 3.05) is 5.32 Å².